The van der Waals surface area contributed by atoms with Gasteiger partial charge in [-0.15, -0.1) is 16.9 Å². The monoisotopic (exact) mass is 251 g/mol. The average Bonchev–Trinajstić information content (AvgIpc) is 2.78. The van der Waals surface area contributed by atoms with E-state index in [0.717, 1.165) is 4.90 Å². The molecule has 1 heterocycles. The van der Waals surface area contributed by atoms with E-state index in [1.807, 2.05) is 18.4 Å². The molecular weight excluding hydrogens is 242 g/mol. The van der Waals surface area contributed by atoms with Gasteiger partial charge in [0.15, 0.2) is 0 Å². The van der Waals surface area contributed by atoms with Crippen molar-refractivity contribution in [3.63, 3.8) is 0 Å². The molecule has 0 spiro atoms. The van der Waals surface area contributed by atoms with E-state index in [2.05, 4.69) is 15.4 Å². The number of carbonyl (C=O) groups is 1. The fourth-order valence-corrected chi connectivity index (χ4v) is 1.60. The number of hydrogen-bond acceptors (Lipinski definition) is 5. The number of benzene rings is 1. The smallest absolute Gasteiger partial charge is 0.362 e. The number of aromatic nitrogens is 3. The first-order valence-corrected chi connectivity index (χ1v) is 5.89. The van der Waals surface area contributed by atoms with E-state index in [1.54, 1.807) is 23.9 Å². The third-order valence-electron chi connectivity index (χ3n) is 2.00. The van der Waals surface area contributed by atoms with Crippen LogP contribution in [0.5, 0.6) is 11.6 Å². The number of aromatic carboxylic acids is 1. The molecule has 0 atom stereocenters. The van der Waals surface area contributed by atoms with E-state index in [-0.39, 0.29) is 11.6 Å². The van der Waals surface area contributed by atoms with Gasteiger partial charge in [-0.2, -0.15) is 0 Å². The quantitative estimate of drug-likeness (QED) is 0.808. The van der Waals surface area contributed by atoms with Crippen LogP contribution >= 0.6 is 11.8 Å². The molecule has 2 aromatic rings. The molecule has 0 aliphatic rings. The Labute approximate surface area is 101 Å². The van der Waals surface area contributed by atoms with Gasteiger partial charge >= 0.3 is 5.97 Å². The number of nitrogens with zero attached hydrogens (tertiary/aromatic N) is 2. The van der Waals surface area contributed by atoms with Crippen molar-refractivity contribution < 1.29 is 14.6 Å². The third-order valence-corrected chi connectivity index (χ3v) is 2.74. The summed E-state index contributed by atoms with van der Waals surface area (Å²) in [6, 6.07) is 7.26. The lowest BCUT2D eigenvalue weighted by molar-refractivity contribution is 0.0687. The van der Waals surface area contributed by atoms with Gasteiger partial charge in [0.25, 0.3) is 5.88 Å². The summed E-state index contributed by atoms with van der Waals surface area (Å²) in [7, 11) is 0. The van der Waals surface area contributed by atoms with Gasteiger partial charge < -0.3 is 9.84 Å². The number of nitrogens with one attached hydrogen (secondary N) is 1. The maximum atomic E-state index is 10.8. The van der Waals surface area contributed by atoms with Gasteiger partial charge in [-0.3, -0.25) is 0 Å². The number of aromatic amines is 1. The highest BCUT2D eigenvalue weighted by Gasteiger charge is 2.16. The second-order valence-electron chi connectivity index (χ2n) is 3.07. The molecule has 1 aromatic heterocycles. The van der Waals surface area contributed by atoms with E-state index >= 15 is 0 Å². The largest absolute Gasteiger partial charge is 0.476 e. The summed E-state index contributed by atoms with van der Waals surface area (Å²) < 4.78 is 5.34. The zero-order valence-corrected chi connectivity index (χ0v) is 9.69. The van der Waals surface area contributed by atoms with Crippen LogP contribution in [0.25, 0.3) is 0 Å². The van der Waals surface area contributed by atoms with Crippen LogP contribution in [0.1, 0.15) is 10.5 Å². The van der Waals surface area contributed by atoms with Crippen molar-refractivity contribution >= 4 is 17.7 Å². The second-order valence-corrected chi connectivity index (χ2v) is 3.95. The van der Waals surface area contributed by atoms with Gasteiger partial charge in [-0.1, -0.05) is 5.21 Å². The molecule has 0 aliphatic carbocycles. The summed E-state index contributed by atoms with van der Waals surface area (Å²) in [6.45, 7) is 0. The predicted octanol–water partition coefficient (Wildman–Crippen LogP) is 2.02. The van der Waals surface area contributed by atoms with Gasteiger partial charge in [0.2, 0.25) is 5.69 Å². The Morgan fingerprint density at radius 1 is 1.41 bits per heavy atom. The normalized spacial score (nSPS) is 10.2. The van der Waals surface area contributed by atoms with Crippen LogP contribution in [0.15, 0.2) is 29.2 Å². The van der Waals surface area contributed by atoms with E-state index in [4.69, 9.17) is 9.84 Å². The van der Waals surface area contributed by atoms with Crippen molar-refractivity contribution in [3.8, 4) is 11.6 Å². The molecule has 0 unspecified atom stereocenters. The molecule has 0 radical (unpaired) electrons. The van der Waals surface area contributed by atoms with Crippen LogP contribution in [0.3, 0.4) is 0 Å². The van der Waals surface area contributed by atoms with Crippen LogP contribution in [0, 0.1) is 0 Å². The molecule has 1 aromatic carbocycles. The highest BCUT2D eigenvalue weighted by Crippen LogP contribution is 2.24. The number of ether oxygens (including phenoxy) is 1. The Kier molecular flexibility index (Phi) is 3.29. The van der Waals surface area contributed by atoms with Crippen LogP contribution in [-0.4, -0.2) is 32.7 Å². The van der Waals surface area contributed by atoms with Crippen molar-refractivity contribution in [2.45, 2.75) is 4.90 Å². The summed E-state index contributed by atoms with van der Waals surface area (Å²) in [5, 5.41) is 18.0. The molecule has 7 heteroatoms. The zero-order chi connectivity index (χ0) is 12.3. The van der Waals surface area contributed by atoms with Gasteiger partial charge in [0.05, 0.1) is 0 Å². The Hall–Kier alpha value is -2.02. The number of carboxylic acids is 1. The van der Waals surface area contributed by atoms with Crippen molar-refractivity contribution in [2.24, 2.45) is 0 Å². The lowest BCUT2D eigenvalue weighted by Gasteiger charge is -2.03. The van der Waals surface area contributed by atoms with Crippen molar-refractivity contribution in [1.29, 1.82) is 0 Å². The maximum Gasteiger partial charge on any atom is 0.362 e. The maximum absolute atomic E-state index is 10.8. The first kappa shape index (κ1) is 11.5. The van der Waals surface area contributed by atoms with E-state index in [1.165, 1.54) is 0 Å². The molecule has 0 bridgehead atoms. The Balaban J connectivity index is 2.19. The summed E-state index contributed by atoms with van der Waals surface area (Å²) in [4.78, 5) is 11.9. The molecule has 0 amide bonds. The molecule has 6 nitrogen and oxygen atoms in total. The summed E-state index contributed by atoms with van der Waals surface area (Å²) >= 11 is 1.61. The summed E-state index contributed by atoms with van der Waals surface area (Å²) in [5.41, 5.74) is -0.237. The number of hydrogen-bond donors (Lipinski definition) is 2. The minimum atomic E-state index is -1.19. The second kappa shape index (κ2) is 4.88. The average molecular weight is 251 g/mol. The summed E-state index contributed by atoms with van der Waals surface area (Å²) in [5.74, 6) is -0.639. The fourth-order valence-electron chi connectivity index (χ4n) is 1.19. The first-order chi connectivity index (χ1) is 8.20. The van der Waals surface area contributed by atoms with Crippen molar-refractivity contribution in [1.82, 2.24) is 15.4 Å². The molecule has 88 valence electrons. The van der Waals surface area contributed by atoms with Crippen LogP contribution in [-0.2, 0) is 0 Å². The minimum Gasteiger partial charge on any atom is -0.476 e. The number of carboxylic acid groups (broad SMARTS) is 1. The van der Waals surface area contributed by atoms with Gasteiger partial charge in [0, 0.05) is 4.90 Å². The Morgan fingerprint density at radius 3 is 2.71 bits per heavy atom. The number of rotatable bonds is 4. The fraction of sp³-hybridized carbons (Fsp3) is 0.100. The van der Waals surface area contributed by atoms with E-state index < -0.39 is 5.97 Å². The Morgan fingerprint density at radius 2 is 2.12 bits per heavy atom. The van der Waals surface area contributed by atoms with Crippen LogP contribution in [0.4, 0.5) is 0 Å². The van der Waals surface area contributed by atoms with Gasteiger partial charge in [-0.05, 0) is 30.5 Å². The van der Waals surface area contributed by atoms with Crippen LogP contribution in [0.2, 0.25) is 0 Å². The summed E-state index contributed by atoms with van der Waals surface area (Å²) in [6.07, 6.45) is 1.97. The van der Waals surface area contributed by atoms with Crippen molar-refractivity contribution in [2.75, 3.05) is 6.26 Å². The van der Waals surface area contributed by atoms with Crippen molar-refractivity contribution in [3.05, 3.63) is 30.0 Å². The number of H-pyrrole nitrogens is 1. The highest BCUT2D eigenvalue weighted by atomic mass is 32.2. The standard InChI is InChI=1S/C10H9N3O3S/c1-17-7-4-2-6(3-5-7)16-9-8(10(14)15)11-13-12-9/h2-5H,1H3,(H,14,15)(H,11,12,13). The lowest BCUT2D eigenvalue weighted by atomic mass is 10.3. The Bertz CT molecular complexity index is 524. The SMILES string of the molecule is CSc1ccc(Oc2[nH]nnc2C(=O)O)cc1. The van der Waals surface area contributed by atoms with E-state index in [9.17, 15) is 4.79 Å². The first-order valence-electron chi connectivity index (χ1n) is 4.67. The molecule has 17 heavy (non-hydrogen) atoms. The molecule has 0 saturated carbocycles. The minimum absolute atomic E-state index is 0.0226. The van der Waals surface area contributed by atoms with Gasteiger partial charge in [-0.25, -0.2) is 9.89 Å². The molecule has 0 fully saturated rings. The van der Waals surface area contributed by atoms with Crippen LogP contribution < -0.4 is 4.74 Å². The van der Waals surface area contributed by atoms with Gasteiger partial charge in [0.1, 0.15) is 5.75 Å². The highest BCUT2D eigenvalue weighted by molar-refractivity contribution is 7.98. The molecule has 2 N–H and O–H groups in total. The molecule has 0 saturated heterocycles. The molecular formula is C10H9N3O3S. The number of thioether (sulfide) groups is 1. The zero-order valence-electron chi connectivity index (χ0n) is 8.88. The topological polar surface area (TPSA) is 88.1 Å². The lowest BCUT2D eigenvalue weighted by Crippen LogP contribution is -1.99. The predicted molar refractivity (Wildman–Crippen MR) is 61.6 cm³/mol. The van der Waals surface area contributed by atoms with E-state index in [0.29, 0.717) is 5.75 Å². The molecule has 0 aliphatic heterocycles. The molecule has 2 rings (SSSR count). The third kappa shape index (κ3) is 2.56.